The molecule has 0 atom stereocenters. The monoisotopic (exact) mass is 482 g/mol. The van der Waals surface area contributed by atoms with E-state index < -0.39 is 6.03 Å². The van der Waals surface area contributed by atoms with Crippen molar-refractivity contribution in [2.45, 2.75) is 6.92 Å². The zero-order valence-corrected chi connectivity index (χ0v) is 19.2. The number of carbonyl (C=O) groups is 2. The van der Waals surface area contributed by atoms with Crippen molar-refractivity contribution in [1.29, 1.82) is 0 Å². The first kappa shape index (κ1) is 23.2. The van der Waals surface area contributed by atoms with Gasteiger partial charge in [-0.2, -0.15) is 5.06 Å². The summed E-state index contributed by atoms with van der Waals surface area (Å²) in [5.41, 5.74) is 7.39. The van der Waals surface area contributed by atoms with E-state index in [9.17, 15) is 9.59 Å². The number of methoxy groups -OCH3 is 1. The van der Waals surface area contributed by atoms with E-state index in [2.05, 4.69) is 15.0 Å². The molecule has 0 aliphatic heterocycles. The number of nitrogens with two attached hydrogens (primary N) is 1. The minimum atomic E-state index is -0.630. The third-order valence-electron chi connectivity index (χ3n) is 4.59. The van der Waals surface area contributed by atoms with Gasteiger partial charge in [0.2, 0.25) is 11.9 Å². The van der Waals surface area contributed by atoms with E-state index in [1.165, 1.54) is 23.2 Å². The molecule has 0 spiro atoms. The van der Waals surface area contributed by atoms with Crippen LogP contribution in [0, 0.1) is 0 Å². The van der Waals surface area contributed by atoms with Gasteiger partial charge in [0.25, 0.3) is 0 Å². The summed E-state index contributed by atoms with van der Waals surface area (Å²) in [4.78, 5) is 42.2. The average molecular weight is 483 g/mol. The summed E-state index contributed by atoms with van der Waals surface area (Å²) in [5.74, 6) is 1.04. The molecular formula is C22H22N6O5S. The molecule has 3 amide bonds. The fourth-order valence-electron chi connectivity index (χ4n) is 3.11. The van der Waals surface area contributed by atoms with E-state index in [4.69, 9.17) is 20.0 Å². The minimum Gasteiger partial charge on any atom is -0.457 e. The van der Waals surface area contributed by atoms with E-state index in [0.717, 1.165) is 5.06 Å². The lowest BCUT2D eigenvalue weighted by atomic mass is 10.2. The molecule has 0 aliphatic rings. The SMILES string of the molecule is COCCON(C(C)=O)c1nc2ccc(Oc3ccc(N(C(N)=O)c4nccs4)cc3)cc2[nH]1. The van der Waals surface area contributed by atoms with Gasteiger partial charge in [-0.25, -0.2) is 19.7 Å². The number of aromatic amines is 1. The Morgan fingerprint density at radius 2 is 1.88 bits per heavy atom. The van der Waals surface area contributed by atoms with Gasteiger partial charge in [0.05, 0.1) is 29.9 Å². The lowest BCUT2D eigenvalue weighted by Gasteiger charge is -2.17. The normalized spacial score (nSPS) is 10.9. The number of amides is 3. The van der Waals surface area contributed by atoms with Gasteiger partial charge in [-0.1, -0.05) is 0 Å². The van der Waals surface area contributed by atoms with Gasteiger partial charge in [0.15, 0.2) is 5.13 Å². The van der Waals surface area contributed by atoms with Crippen molar-refractivity contribution in [2.75, 3.05) is 30.3 Å². The van der Waals surface area contributed by atoms with Crippen LogP contribution in [0.1, 0.15) is 6.92 Å². The average Bonchev–Trinajstić information content (AvgIpc) is 3.47. The Balaban J connectivity index is 1.51. The maximum Gasteiger partial charge on any atom is 0.325 e. The van der Waals surface area contributed by atoms with Gasteiger partial charge in [-0.05, 0) is 36.4 Å². The number of anilines is 3. The number of urea groups is 1. The Kier molecular flexibility index (Phi) is 7.01. The largest absolute Gasteiger partial charge is 0.457 e. The summed E-state index contributed by atoms with van der Waals surface area (Å²) >= 11 is 1.31. The lowest BCUT2D eigenvalue weighted by molar-refractivity contribution is -0.124. The number of nitrogens with one attached hydrogen (secondary N) is 1. The number of imidazole rings is 1. The molecular weight excluding hydrogens is 460 g/mol. The van der Waals surface area contributed by atoms with Crippen LogP contribution in [-0.4, -0.2) is 47.2 Å². The molecule has 4 aromatic rings. The van der Waals surface area contributed by atoms with E-state index in [0.29, 0.717) is 40.0 Å². The van der Waals surface area contributed by atoms with Gasteiger partial charge in [0.1, 0.15) is 11.5 Å². The first-order chi connectivity index (χ1) is 16.5. The van der Waals surface area contributed by atoms with Crippen LogP contribution in [0.5, 0.6) is 11.5 Å². The number of hydroxylamine groups is 1. The number of benzene rings is 2. The molecule has 11 nitrogen and oxygen atoms in total. The standard InChI is InChI=1S/C22H22N6O5S/c1-14(29)28(32-11-10-31-2)21-25-18-8-7-17(13-19(18)26-21)33-16-5-3-15(4-6-16)27(20(23)30)22-24-9-12-34-22/h3-9,12-13H,10-11H2,1-2H3,(H2,23,30)(H,25,26). The predicted molar refractivity (Wildman–Crippen MR) is 127 cm³/mol. The first-order valence-electron chi connectivity index (χ1n) is 10.2. The summed E-state index contributed by atoms with van der Waals surface area (Å²) in [6.07, 6.45) is 1.60. The van der Waals surface area contributed by atoms with E-state index in [1.807, 2.05) is 0 Å². The second-order valence-corrected chi connectivity index (χ2v) is 7.84. The maximum atomic E-state index is 12.0. The Morgan fingerprint density at radius 1 is 1.12 bits per heavy atom. The van der Waals surface area contributed by atoms with Crippen molar-refractivity contribution in [2.24, 2.45) is 5.73 Å². The number of fused-ring (bicyclic) bond motifs is 1. The van der Waals surface area contributed by atoms with Gasteiger partial charge in [0, 0.05) is 31.7 Å². The molecule has 0 bridgehead atoms. The summed E-state index contributed by atoms with van der Waals surface area (Å²) in [6, 6.07) is 11.5. The smallest absolute Gasteiger partial charge is 0.325 e. The molecule has 0 fully saturated rings. The number of rotatable bonds is 9. The van der Waals surface area contributed by atoms with Gasteiger partial charge >= 0.3 is 6.03 Å². The van der Waals surface area contributed by atoms with Crippen LogP contribution in [0.3, 0.4) is 0 Å². The number of H-pyrrole nitrogens is 1. The number of hydrogen-bond donors (Lipinski definition) is 2. The predicted octanol–water partition coefficient (Wildman–Crippen LogP) is 3.96. The van der Waals surface area contributed by atoms with Crippen molar-refractivity contribution in [3.05, 3.63) is 54.0 Å². The van der Waals surface area contributed by atoms with E-state index >= 15 is 0 Å². The van der Waals surface area contributed by atoms with E-state index in [1.54, 1.807) is 61.2 Å². The fourth-order valence-corrected chi connectivity index (χ4v) is 3.77. The first-order valence-corrected chi connectivity index (χ1v) is 11.0. The maximum absolute atomic E-state index is 12.0. The number of ether oxygens (including phenoxy) is 2. The number of thiazole rings is 1. The van der Waals surface area contributed by atoms with Crippen LogP contribution in [0.4, 0.5) is 21.6 Å². The minimum absolute atomic E-state index is 0.202. The molecule has 176 valence electrons. The molecule has 2 aromatic heterocycles. The van der Waals surface area contributed by atoms with Crippen LogP contribution in [0.25, 0.3) is 11.0 Å². The number of carbonyl (C=O) groups excluding carboxylic acids is 2. The zero-order chi connectivity index (χ0) is 24.1. The number of aromatic nitrogens is 3. The molecule has 4 rings (SSSR count). The van der Waals surface area contributed by atoms with Gasteiger partial charge in [-0.3, -0.25) is 9.63 Å². The highest BCUT2D eigenvalue weighted by Gasteiger charge is 2.19. The van der Waals surface area contributed by atoms with Crippen molar-refractivity contribution in [1.82, 2.24) is 15.0 Å². The van der Waals surface area contributed by atoms with Crippen molar-refractivity contribution in [3.8, 4) is 11.5 Å². The molecule has 0 unspecified atom stereocenters. The lowest BCUT2D eigenvalue weighted by Crippen LogP contribution is -2.31. The van der Waals surface area contributed by atoms with Crippen molar-refractivity contribution < 1.29 is 23.9 Å². The third-order valence-corrected chi connectivity index (χ3v) is 5.35. The number of nitrogens with zero attached hydrogens (tertiary/aromatic N) is 4. The summed E-state index contributed by atoms with van der Waals surface area (Å²) in [7, 11) is 1.55. The second-order valence-electron chi connectivity index (χ2n) is 6.96. The summed E-state index contributed by atoms with van der Waals surface area (Å²) in [6.45, 7) is 1.92. The molecule has 34 heavy (non-hydrogen) atoms. The molecule has 0 aliphatic carbocycles. The van der Waals surface area contributed by atoms with Gasteiger partial charge < -0.3 is 20.2 Å². The van der Waals surface area contributed by atoms with Crippen molar-refractivity contribution >= 4 is 51.1 Å². The van der Waals surface area contributed by atoms with Crippen LogP contribution >= 0.6 is 11.3 Å². The van der Waals surface area contributed by atoms with Gasteiger partial charge in [-0.15, -0.1) is 11.3 Å². The molecule has 2 aromatic carbocycles. The van der Waals surface area contributed by atoms with Crippen LogP contribution in [0.15, 0.2) is 54.0 Å². The topological polar surface area (TPSA) is 136 Å². The van der Waals surface area contributed by atoms with Crippen LogP contribution in [-0.2, 0) is 14.4 Å². The highest BCUT2D eigenvalue weighted by Crippen LogP contribution is 2.31. The zero-order valence-electron chi connectivity index (χ0n) is 18.4. The summed E-state index contributed by atoms with van der Waals surface area (Å²) in [5, 5.41) is 3.33. The Hall–Kier alpha value is -4.00. The Labute approximate surface area is 198 Å². The van der Waals surface area contributed by atoms with Crippen LogP contribution < -0.4 is 20.4 Å². The van der Waals surface area contributed by atoms with Crippen molar-refractivity contribution in [3.63, 3.8) is 0 Å². The molecule has 3 N–H and O–H groups in total. The molecule has 12 heteroatoms. The molecule has 2 heterocycles. The summed E-state index contributed by atoms with van der Waals surface area (Å²) < 4.78 is 10.9. The second kappa shape index (κ2) is 10.3. The fraction of sp³-hybridized carbons (Fsp3) is 0.182. The highest BCUT2D eigenvalue weighted by atomic mass is 32.1. The third kappa shape index (κ3) is 5.14. The Bertz CT molecular complexity index is 1270. The van der Waals surface area contributed by atoms with E-state index in [-0.39, 0.29) is 18.5 Å². The van der Waals surface area contributed by atoms with Crippen LogP contribution in [0.2, 0.25) is 0 Å². The molecule has 0 saturated carbocycles. The number of primary amides is 1. The number of hydrogen-bond acceptors (Lipinski definition) is 8. The Morgan fingerprint density at radius 3 is 2.53 bits per heavy atom. The molecule has 0 radical (unpaired) electrons. The highest BCUT2D eigenvalue weighted by molar-refractivity contribution is 7.13. The quantitative estimate of drug-likeness (QED) is 0.272. The molecule has 0 saturated heterocycles.